The Morgan fingerprint density at radius 2 is 0.478 bits per heavy atom. The average molecular weight is 2360 g/mol. The molecule has 418 valence electrons. The van der Waals surface area contributed by atoms with Crippen LogP contribution < -0.4 is 42.5 Å². The Hall–Kier alpha value is 2.67. The van der Waals surface area contributed by atoms with Gasteiger partial charge in [-0.15, -0.1) is 13.1 Å². The van der Waals surface area contributed by atoms with Gasteiger partial charge in [0.1, 0.15) is 0 Å². The van der Waals surface area contributed by atoms with Gasteiger partial charge in [0.15, 0.2) is 23.6 Å². The van der Waals surface area contributed by atoms with Gasteiger partial charge in [-0.05, 0) is 28.2 Å². The van der Waals surface area contributed by atoms with E-state index < -0.39 is 0 Å². The molecule has 0 saturated carbocycles. The Kier molecular flexibility index (Phi) is 173. The zero-order chi connectivity index (χ0) is 47.3. The maximum absolute atomic E-state index is 10.7. The van der Waals surface area contributed by atoms with E-state index in [0.717, 1.165) is 39.4 Å². The van der Waals surface area contributed by atoms with Crippen molar-refractivity contribution in [1.29, 1.82) is 0 Å². The molecule has 0 aliphatic heterocycles. The SMILES string of the molecule is CNCCNC.CNCCOCCOCCNC.[NH-]CC(=O)NCCNC(=O)C[NH-].[NH-]CC(=O)NCCOCCOCCNC(=O)C[NH-].[NH-]CCOCCOCC[NH-].[NH-]C[NH-].[W].[W].[W].[W].[W].[W].[W].[W]. The standard InChI is InChI=1S/C10H20N4O4.C8H20N2O2.C6H12N4O2.C6H14N2O2.C4H12N2.CH4N2.8W/c11-7-9(15)13-1-3-17-5-6-18-4-2-14-10(16)8-12;1-9-3-5-11-7-8-12-6-4-10-2;7-3-5(11)9-1-2-10-6(12)4-8;7-1-3-9-5-6-10-4-2-8;1-5-3-4-6-2;2-1-3;;;;;;;;/h11-12H,1-8H2,(H,13,15)(H,14,16);9-10H,3-8H2,1-2H3;7-8H,1-4H2,(H,9,11)(H,10,12);7-8H,1-6H2;5-6H,3-4H2,1-2H3;2-3H,1H2;;;;;;;;/q-2;;2*-2;;-2;;;;;;;;. The topological polar surface area (TPSA) is 410 Å². The van der Waals surface area contributed by atoms with Gasteiger partial charge < -0.3 is 117 Å². The second-order valence-electron chi connectivity index (χ2n) is 10.9. The number of likely N-dealkylation sites (N-methyl/N-ethyl adjacent to an activating group) is 4. The molecule has 16 N–H and O–H groups in total. The van der Waals surface area contributed by atoms with E-state index in [2.05, 4.69) is 42.5 Å². The van der Waals surface area contributed by atoms with Crippen molar-refractivity contribution in [3.63, 3.8) is 0 Å². The second-order valence-corrected chi connectivity index (χ2v) is 10.9. The number of carbonyl (C=O) groups excluding carboxylic acids is 4. The van der Waals surface area contributed by atoms with Crippen LogP contribution in [-0.4, -0.2) is 229 Å². The quantitative estimate of drug-likeness (QED) is 0.0379. The number of amides is 4. The number of nitrogens with one attached hydrogen (secondary N) is 16. The second kappa shape index (κ2) is 111. The first-order chi connectivity index (χ1) is 29.6. The fourth-order valence-electron chi connectivity index (χ4n) is 2.89. The summed E-state index contributed by atoms with van der Waals surface area (Å²) in [5.74, 6) is -1.37. The number of carbonyl (C=O) groups is 4. The van der Waals surface area contributed by atoms with Crippen LogP contribution in [0.25, 0.3) is 45.9 Å². The average Bonchev–Trinajstić information content (AvgIpc) is 3.27. The zero-order valence-electron chi connectivity index (χ0n) is 40.4. The molecule has 0 heterocycles. The van der Waals surface area contributed by atoms with E-state index in [-0.39, 0.29) is 225 Å². The van der Waals surface area contributed by atoms with E-state index in [9.17, 15) is 19.2 Å². The van der Waals surface area contributed by atoms with Crippen LogP contribution in [0, 0.1) is 0 Å². The molecule has 0 aliphatic rings. The fraction of sp³-hybridized carbons (Fsp3) is 0.886. The van der Waals surface area contributed by atoms with Crippen LogP contribution in [0.5, 0.6) is 0 Å². The van der Waals surface area contributed by atoms with Crippen molar-refractivity contribution in [2.75, 3.05) is 206 Å². The van der Waals surface area contributed by atoms with Crippen LogP contribution in [0.15, 0.2) is 0 Å². The fourth-order valence-corrected chi connectivity index (χ4v) is 2.89. The van der Waals surface area contributed by atoms with Gasteiger partial charge in [0.25, 0.3) is 0 Å². The predicted octanol–water partition coefficient (Wildman–Crippen LogP) is -0.285. The van der Waals surface area contributed by atoms with Crippen molar-refractivity contribution in [2.45, 2.75) is 0 Å². The largest absolute Gasteiger partial charge is 0.696 e. The summed E-state index contributed by atoms with van der Waals surface area (Å²) in [4.78, 5) is 42.3. The minimum Gasteiger partial charge on any atom is -0.696 e. The Balaban J connectivity index is -0.0000000450. The van der Waals surface area contributed by atoms with Crippen LogP contribution in [0.1, 0.15) is 0 Å². The van der Waals surface area contributed by atoms with E-state index in [1.54, 1.807) is 0 Å². The summed E-state index contributed by atoms with van der Waals surface area (Å²) in [5.41, 5.74) is 52.0. The third-order valence-corrected chi connectivity index (χ3v) is 5.78. The minimum atomic E-state index is -0.366. The Morgan fingerprint density at radius 1 is 0.290 bits per heavy atom. The molecule has 4 amide bonds. The molecule has 0 radical (unpaired) electrons. The van der Waals surface area contributed by atoms with Gasteiger partial charge in [-0.3, -0.25) is 25.8 Å². The smallest absolute Gasteiger partial charge is 0.199 e. The van der Waals surface area contributed by atoms with Gasteiger partial charge in [0.05, 0.1) is 66.1 Å². The van der Waals surface area contributed by atoms with Crippen LogP contribution >= 0.6 is 0 Å². The van der Waals surface area contributed by atoms with Gasteiger partial charge >= 0.3 is 0 Å². The van der Waals surface area contributed by atoms with Gasteiger partial charge in [-0.2, -0.15) is 0 Å². The molecule has 0 aromatic carbocycles. The van der Waals surface area contributed by atoms with E-state index in [4.69, 9.17) is 74.3 Å². The molecule has 34 heteroatoms. The summed E-state index contributed by atoms with van der Waals surface area (Å²) < 4.78 is 30.7. The molecule has 0 unspecified atom stereocenters. The first-order valence-electron chi connectivity index (χ1n) is 19.9. The molecule has 0 bridgehead atoms. The third kappa shape index (κ3) is 135. The van der Waals surface area contributed by atoms with Crippen LogP contribution in [0.3, 0.4) is 0 Å². The molecular weight excluding hydrogens is 2280 g/mol. The number of rotatable bonds is 35. The summed E-state index contributed by atoms with van der Waals surface area (Å²) in [6.45, 7) is 11.0. The van der Waals surface area contributed by atoms with Gasteiger partial charge in [0, 0.05) is 234 Å². The van der Waals surface area contributed by atoms with Crippen molar-refractivity contribution < 1.29 is 216 Å². The van der Waals surface area contributed by atoms with Crippen molar-refractivity contribution in [2.24, 2.45) is 0 Å². The molecule has 0 aliphatic carbocycles. The Bertz CT molecular complexity index is 824. The molecule has 0 fully saturated rings. The predicted molar refractivity (Wildman–Crippen MR) is 241 cm³/mol. The normalized spacial score (nSPS) is 8.58. The van der Waals surface area contributed by atoms with Crippen molar-refractivity contribution in [3.8, 4) is 0 Å². The monoisotopic (exact) mass is 2360 g/mol. The third-order valence-electron chi connectivity index (χ3n) is 5.78. The number of hydrogen-bond donors (Lipinski definition) is 8. The van der Waals surface area contributed by atoms with Gasteiger partial charge in [-0.25, -0.2) is 0 Å². The summed E-state index contributed by atoms with van der Waals surface area (Å²) in [6.07, 6.45) is 0. The molecule has 0 spiro atoms. The molecule has 0 aromatic rings. The summed E-state index contributed by atoms with van der Waals surface area (Å²) >= 11 is 0. The molecule has 26 nitrogen and oxygen atoms in total. The molecule has 0 atom stereocenters. The summed E-state index contributed by atoms with van der Waals surface area (Å²) in [7, 11) is 7.70. The van der Waals surface area contributed by atoms with E-state index in [1.807, 2.05) is 28.2 Å². The summed E-state index contributed by atoms with van der Waals surface area (Å²) in [5, 5.41) is 21.8. The molecular formula is C35H82N16O10W8-8. The number of hydrogen-bond acceptors (Lipinski definition) is 14. The molecule has 69 heavy (non-hydrogen) atoms. The van der Waals surface area contributed by atoms with Gasteiger partial charge in [0.2, 0.25) is 0 Å². The maximum atomic E-state index is 10.7. The van der Waals surface area contributed by atoms with E-state index in [0.29, 0.717) is 105 Å². The first-order valence-corrected chi connectivity index (χ1v) is 19.9. The van der Waals surface area contributed by atoms with Crippen molar-refractivity contribution >= 4 is 23.6 Å². The van der Waals surface area contributed by atoms with Crippen LogP contribution in [-0.2, 0) is 216 Å². The Morgan fingerprint density at radius 3 is 0.667 bits per heavy atom. The molecule has 0 aromatic heterocycles. The summed E-state index contributed by atoms with van der Waals surface area (Å²) in [6, 6.07) is 0. The maximum Gasteiger partial charge on any atom is 0.199 e. The van der Waals surface area contributed by atoms with Gasteiger partial charge in [-0.1, -0.05) is 26.2 Å². The Labute approximate surface area is 528 Å². The van der Waals surface area contributed by atoms with Crippen molar-refractivity contribution in [3.05, 3.63) is 45.9 Å². The zero-order valence-corrected chi connectivity index (χ0v) is 63.9. The van der Waals surface area contributed by atoms with Crippen LogP contribution in [0.4, 0.5) is 0 Å². The number of ether oxygens (including phenoxy) is 6. The molecule has 0 saturated heterocycles. The molecule has 0 rings (SSSR count). The first kappa shape index (κ1) is 108. The van der Waals surface area contributed by atoms with Crippen LogP contribution in [0.2, 0.25) is 0 Å². The van der Waals surface area contributed by atoms with E-state index in [1.165, 1.54) is 0 Å². The minimum absolute atomic E-state index is 0. The van der Waals surface area contributed by atoms with E-state index >= 15 is 0 Å². The van der Waals surface area contributed by atoms with Crippen molar-refractivity contribution in [1.82, 2.24) is 42.5 Å².